The van der Waals surface area contributed by atoms with Crippen molar-refractivity contribution in [1.82, 2.24) is 5.32 Å². The molecule has 8 heavy (non-hydrogen) atoms. The first-order chi connectivity index (χ1) is 3.81. The van der Waals surface area contributed by atoms with Gasteiger partial charge in [-0.05, 0) is 13.3 Å². The van der Waals surface area contributed by atoms with E-state index in [1.807, 2.05) is 0 Å². The van der Waals surface area contributed by atoms with Crippen LogP contribution in [0.1, 0.15) is 20.3 Å². The van der Waals surface area contributed by atoms with Crippen molar-refractivity contribution in [1.29, 1.82) is 0 Å². The topological polar surface area (TPSA) is 32.3 Å². The summed E-state index contributed by atoms with van der Waals surface area (Å²) in [4.78, 5) is 0. The highest BCUT2D eigenvalue weighted by Crippen LogP contribution is 1.84. The Bertz CT molecular complexity index is 47.8. The van der Waals surface area contributed by atoms with Crippen molar-refractivity contribution in [2.24, 2.45) is 0 Å². The van der Waals surface area contributed by atoms with Gasteiger partial charge in [0.2, 0.25) is 0 Å². The third-order valence-electron chi connectivity index (χ3n) is 1.22. The normalized spacial score (nSPS) is 13.9. The first kappa shape index (κ1) is 7.92. The van der Waals surface area contributed by atoms with Gasteiger partial charge in [0.05, 0.1) is 6.61 Å². The molecule has 0 bridgehead atoms. The van der Waals surface area contributed by atoms with E-state index < -0.39 is 0 Å². The number of hydrogen-bond acceptors (Lipinski definition) is 2. The first-order valence-corrected chi connectivity index (χ1v) is 3.15. The zero-order chi connectivity index (χ0) is 6.41. The second kappa shape index (κ2) is 5.06. The predicted molar refractivity (Wildman–Crippen MR) is 34.8 cm³/mol. The fourth-order valence-electron chi connectivity index (χ4n) is 0.455. The lowest BCUT2D eigenvalue weighted by molar-refractivity contribution is 0.285. The number of rotatable bonds is 4. The van der Waals surface area contributed by atoms with Gasteiger partial charge in [-0.15, -0.1) is 0 Å². The average molecular weight is 117 g/mol. The van der Waals surface area contributed by atoms with Crippen LogP contribution in [0.3, 0.4) is 0 Å². The lowest BCUT2D eigenvalue weighted by Crippen LogP contribution is -2.27. The van der Waals surface area contributed by atoms with E-state index in [4.69, 9.17) is 5.11 Å². The molecule has 50 valence electrons. The lowest BCUT2D eigenvalue weighted by atomic mass is 10.3. The zero-order valence-electron chi connectivity index (χ0n) is 5.65. The first-order valence-electron chi connectivity index (χ1n) is 3.15. The number of aliphatic hydroxyl groups excluding tert-OH is 1. The van der Waals surface area contributed by atoms with Gasteiger partial charge in [0.1, 0.15) is 0 Å². The van der Waals surface area contributed by atoms with Crippen molar-refractivity contribution < 1.29 is 5.11 Å². The molecule has 0 aliphatic heterocycles. The molecule has 2 N–H and O–H groups in total. The van der Waals surface area contributed by atoms with Gasteiger partial charge >= 0.3 is 0 Å². The smallest absolute Gasteiger partial charge is 0.0556 e. The molecule has 0 radical (unpaired) electrons. The summed E-state index contributed by atoms with van der Waals surface area (Å²) in [5.74, 6) is 0. The van der Waals surface area contributed by atoms with E-state index in [2.05, 4.69) is 19.2 Å². The summed E-state index contributed by atoms with van der Waals surface area (Å²) >= 11 is 0. The van der Waals surface area contributed by atoms with Crippen LogP contribution in [0.5, 0.6) is 0 Å². The minimum atomic E-state index is 0.240. The van der Waals surface area contributed by atoms with Crippen LogP contribution < -0.4 is 5.32 Å². The predicted octanol–water partition coefficient (Wildman–Crippen LogP) is 0.367. The van der Waals surface area contributed by atoms with E-state index in [0.717, 1.165) is 13.0 Å². The van der Waals surface area contributed by atoms with Crippen LogP contribution in [0.25, 0.3) is 0 Å². The van der Waals surface area contributed by atoms with Crippen LogP contribution in [-0.2, 0) is 0 Å². The molecule has 0 aliphatic rings. The Morgan fingerprint density at radius 2 is 2.25 bits per heavy atom. The second-order valence-electron chi connectivity index (χ2n) is 1.99. The molecule has 0 aliphatic carbocycles. The van der Waals surface area contributed by atoms with Gasteiger partial charge in [0.15, 0.2) is 0 Å². The van der Waals surface area contributed by atoms with Crippen molar-refractivity contribution in [2.75, 3.05) is 13.2 Å². The third kappa shape index (κ3) is 4.09. The summed E-state index contributed by atoms with van der Waals surface area (Å²) in [7, 11) is 0. The molecule has 0 saturated carbocycles. The molecule has 2 nitrogen and oxygen atoms in total. The van der Waals surface area contributed by atoms with Gasteiger partial charge in [-0.3, -0.25) is 0 Å². The van der Waals surface area contributed by atoms with Crippen LogP contribution in [0.15, 0.2) is 0 Å². The van der Waals surface area contributed by atoms with E-state index >= 15 is 0 Å². The van der Waals surface area contributed by atoms with E-state index in [9.17, 15) is 0 Å². The highest BCUT2D eigenvalue weighted by molar-refractivity contribution is 4.55. The maximum absolute atomic E-state index is 8.35. The summed E-state index contributed by atoms with van der Waals surface area (Å²) < 4.78 is 0. The Morgan fingerprint density at radius 3 is 2.62 bits per heavy atom. The van der Waals surface area contributed by atoms with Gasteiger partial charge in [0.25, 0.3) is 0 Å². The molecule has 0 unspecified atom stereocenters. The van der Waals surface area contributed by atoms with E-state index in [0.29, 0.717) is 6.04 Å². The second-order valence-corrected chi connectivity index (χ2v) is 1.99. The van der Waals surface area contributed by atoms with Crippen LogP contribution in [0, 0.1) is 0 Å². The van der Waals surface area contributed by atoms with Gasteiger partial charge in [-0.1, -0.05) is 6.92 Å². The lowest BCUT2D eigenvalue weighted by Gasteiger charge is -2.07. The third-order valence-corrected chi connectivity index (χ3v) is 1.22. The summed E-state index contributed by atoms with van der Waals surface area (Å²) in [5.41, 5.74) is 0. The van der Waals surface area contributed by atoms with Crippen LogP contribution in [0.4, 0.5) is 0 Å². The molecule has 0 saturated heterocycles. The maximum atomic E-state index is 8.35. The molecule has 0 aromatic rings. The van der Waals surface area contributed by atoms with Gasteiger partial charge in [0, 0.05) is 12.6 Å². The van der Waals surface area contributed by atoms with Crippen molar-refractivity contribution >= 4 is 0 Å². The summed E-state index contributed by atoms with van der Waals surface area (Å²) in [6.07, 6.45) is 1.12. The summed E-state index contributed by atoms with van der Waals surface area (Å²) in [5, 5.41) is 11.5. The summed E-state index contributed by atoms with van der Waals surface area (Å²) in [6.45, 7) is 5.18. The van der Waals surface area contributed by atoms with Crippen molar-refractivity contribution in [3.05, 3.63) is 0 Å². The van der Waals surface area contributed by atoms with E-state index in [1.165, 1.54) is 0 Å². The molecule has 0 aromatic heterocycles. The molecule has 2 heteroatoms. The van der Waals surface area contributed by atoms with Crippen LogP contribution in [0.2, 0.25) is 0 Å². The van der Waals surface area contributed by atoms with Crippen LogP contribution in [-0.4, -0.2) is 24.3 Å². The zero-order valence-corrected chi connectivity index (χ0v) is 5.65. The molecule has 0 spiro atoms. The molecule has 1 atom stereocenters. The molecule has 0 aromatic carbocycles. The quantitative estimate of drug-likeness (QED) is 0.557. The monoisotopic (exact) mass is 117 g/mol. The minimum Gasteiger partial charge on any atom is -0.395 e. The SMILES string of the molecule is CC[C@@H](C)NCCO. The number of aliphatic hydroxyl groups is 1. The standard InChI is InChI=1S/C6H15NO/c1-3-6(2)7-4-5-8/h6-8H,3-5H2,1-2H3/t6-/m1/s1. The van der Waals surface area contributed by atoms with Crippen molar-refractivity contribution in [2.45, 2.75) is 26.3 Å². The number of nitrogens with one attached hydrogen (secondary N) is 1. The van der Waals surface area contributed by atoms with E-state index in [-0.39, 0.29) is 6.61 Å². The van der Waals surface area contributed by atoms with E-state index in [1.54, 1.807) is 0 Å². The highest BCUT2D eigenvalue weighted by Gasteiger charge is 1.92. The fourth-order valence-corrected chi connectivity index (χ4v) is 0.455. The fraction of sp³-hybridized carbons (Fsp3) is 1.00. The molecule has 0 fully saturated rings. The average Bonchev–Trinajstić information content (AvgIpc) is 1.83. The minimum absolute atomic E-state index is 0.240. The number of hydrogen-bond donors (Lipinski definition) is 2. The Labute approximate surface area is 50.9 Å². The summed E-state index contributed by atoms with van der Waals surface area (Å²) in [6, 6.07) is 0.544. The van der Waals surface area contributed by atoms with Gasteiger partial charge in [-0.2, -0.15) is 0 Å². The Balaban J connectivity index is 2.86. The van der Waals surface area contributed by atoms with Crippen LogP contribution >= 0.6 is 0 Å². The Morgan fingerprint density at radius 1 is 1.62 bits per heavy atom. The molecular weight excluding hydrogens is 102 g/mol. The Hall–Kier alpha value is -0.0800. The molecular formula is C6H15NO. The molecule has 0 heterocycles. The van der Waals surface area contributed by atoms with Crippen molar-refractivity contribution in [3.63, 3.8) is 0 Å². The Kier molecular flexibility index (Phi) is 5.01. The molecule has 0 rings (SSSR count). The molecule has 0 amide bonds. The van der Waals surface area contributed by atoms with Gasteiger partial charge in [-0.25, -0.2) is 0 Å². The largest absolute Gasteiger partial charge is 0.395 e. The van der Waals surface area contributed by atoms with Crippen molar-refractivity contribution in [3.8, 4) is 0 Å². The maximum Gasteiger partial charge on any atom is 0.0556 e. The van der Waals surface area contributed by atoms with Gasteiger partial charge < -0.3 is 10.4 Å². The highest BCUT2D eigenvalue weighted by atomic mass is 16.3.